The largest absolute Gasteiger partial charge is 0.0149 e. The van der Waals surface area contributed by atoms with Gasteiger partial charge in [0, 0.05) is 17.1 Å². The first-order valence-corrected chi connectivity index (χ1v) is 0. The summed E-state index contributed by atoms with van der Waals surface area (Å²) in [6.07, 6.45) is 0. The minimum absolute atomic E-state index is 0. The molecule has 0 amide bonds. The molecule has 0 saturated carbocycles. The summed E-state index contributed by atoms with van der Waals surface area (Å²) in [4.78, 5) is 0. The molecule has 0 fully saturated rings. The maximum Gasteiger partial charge on any atom is 0 e. The molecule has 0 aromatic carbocycles. The van der Waals surface area contributed by atoms with Crippen LogP contribution in [0.3, 0.4) is 0 Å². The average molecular weight is 148 g/mol. The normalized spacial score (nSPS) is 0. The van der Waals surface area contributed by atoms with Crippen LogP contribution in [0, 0.1) is 0 Å². The SMILES string of the molecule is O.[CaH2].[Fe].[SiH4]. The maximum atomic E-state index is 0. The van der Waals surface area contributed by atoms with Crippen molar-refractivity contribution in [3.05, 3.63) is 0 Å². The molecule has 4 heavy (non-hydrogen) atoms. The first kappa shape index (κ1) is 38.2. The van der Waals surface area contributed by atoms with Crippen LogP contribution in [0.4, 0.5) is 0 Å². The van der Waals surface area contributed by atoms with E-state index >= 15 is 0 Å². The minimum atomic E-state index is 0. The maximum absolute atomic E-state index is 0. The standard InChI is InChI=1S/Ca.Fe.H2O.H4Si.2H/h;;1H2;1H4;;. The van der Waals surface area contributed by atoms with Gasteiger partial charge in [-0.2, -0.15) is 0 Å². The third-order valence-corrected chi connectivity index (χ3v) is 0. The molecule has 0 saturated heterocycles. The fourth-order valence-corrected chi connectivity index (χ4v) is 0. The third-order valence-electron chi connectivity index (χ3n) is 0. The van der Waals surface area contributed by atoms with Crippen LogP contribution in [-0.4, -0.2) is 54.2 Å². The summed E-state index contributed by atoms with van der Waals surface area (Å²) in [6, 6.07) is 0. The summed E-state index contributed by atoms with van der Waals surface area (Å²) < 4.78 is 0. The molecule has 2 N–H and O–H groups in total. The Bertz CT molecular complexity index is 8.00. The van der Waals surface area contributed by atoms with Crippen molar-refractivity contribution in [2.75, 3.05) is 0 Å². The van der Waals surface area contributed by atoms with Crippen molar-refractivity contribution in [2.24, 2.45) is 0 Å². The van der Waals surface area contributed by atoms with E-state index in [2.05, 4.69) is 0 Å². The molecule has 0 aliphatic carbocycles. The van der Waals surface area contributed by atoms with Crippen LogP contribution >= 0.6 is 0 Å². The molecule has 0 aromatic rings. The zero-order chi connectivity index (χ0) is 0. The van der Waals surface area contributed by atoms with E-state index in [1.807, 2.05) is 0 Å². The van der Waals surface area contributed by atoms with Gasteiger partial charge in [-0.25, -0.2) is 0 Å². The van der Waals surface area contributed by atoms with Crippen molar-refractivity contribution in [3.8, 4) is 0 Å². The van der Waals surface area contributed by atoms with Gasteiger partial charge in [-0.3, -0.25) is 0 Å². The number of hydrogen-bond donors (Lipinski definition) is 0. The third kappa shape index (κ3) is 9.03. The van der Waals surface area contributed by atoms with Crippen molar-refractivity contribution in [1.29, 1.82) is 0 Å². The van der Waals surface area contributed by atoms with Gasteiger partial charge in [-0.1, -0.05) is 0 Å². The second-order valence-electron chi connectivity index (χ2n) is 0. The molecule has 0 aliphatic heterocycles. The van der Waals surface area contributed by atoms with Gasteiger partial charge in [0.2, 0.25) is 0 Å². The Balaban J connectivity index is 0. The van der Waals surface area contributed by atoms with Gasteiger partial charge >= 0.3 is 37.7 Å². The zero-order valence-corrected chi connectivity index (χ0v) is 1.96. The Hall–Kier alpha value is 1.96. The smallest absolute Gasteiger partial charge is 0 e. The topological polar surface area (TPSA) is 31.5 Å². The molecule has 0 radical (unpaired) electrons. The average Bonchev–Trinajstić information content (AvgIpc) is 0. The molecular weight excluding hydrogens is 140 g/mol. The molecule has 1 nitrogen and oxygen atoms in total. The van der Waals surface area contributed by atoms with E-state index in [0.29, 0.717) is 0 Å². The number of rotatable bonds is 0. The molecule has 0 unspecified atom stereocenters. The summed E-state index contributed by atoms with van der Waals surface area (Å²) in [5.74, 6) is 0. The van der Waals surface area contributed by atoms with Crippen LogP contribution < -0.4 is 0 Å². The van der Waals surface area contributed by atoms with Gasteiger partial charge in [0.1, 0.15) is 0 Å². The van der Waals surface area contributed by atoms with Crippen molar-refractivity contribution >= 4 is 48.7 Å². The summed E-state index contributed by atoms with van der Waals surface area (Å²) >= 11 is 0. The fraction of sp³-hybridized carbons (Fsp3) is 0. The van der Waals surface area contributed by atoms with Crippen LogP contribution in [0.1, 0.15) is 0 Å². The molecule has 4 heteroatoms. The van der Waals surface area contributed by atoms with E-state index in [1.165, 1.54) is 0 Å². The summed E-state index contributed by atoms with van der Waals surface area (Å²) in [7, 11) is 0. The van der Waals surface area contributed by atoms with Gasteiger partial charge < -0.3 is 5.48 Å². The van der Waals surface area contributed by atoms with E-state index in [4.69, 9.17) is 0 Å². The molecule has 0 atom stereocenters. The van der Waals surface area contributed by atoms with E-state index < -0.39 is 0 Å². The number of hydrogen-bond acceptors (Lipinski definition) is 0. The summed E-state index contributed by atoms with van der Waals surface area (Å²) in [5, 5.41) is 0. The van der Waals surface area contributed by atoms with E-state index in [1.54, 1.807) is 0 Å². The first-order valence-electron chi connectivity index (χ1n) is 0. The molecule has 0 spiro atoms. The molecule has 0 aliphatic rings. The van der Waals surface area contributed by atoms with Gasteiger partial charge in [-0.15, -0.1) is 0 Å². The van der Waals surface area contributed by atoms with Crippen molar-refractivity contribution in [1.82, 2.24) is 0 Å². The first-order chi connectivity index (χ1) is 0. The summed E-state index contributed by atoms with van der Waals surface area (Å²) in [6.45, 7) is 0. The summed E-state index contributed by atoms with van der Waals surface area (Å²) in [5.41, 5.74) is 0. The Labute approximate surface area is 70.3 Å². The Morgan fingerprint density at radius 2 is 1.00 bits per heavy atom. The fourth-order valence-electron chi connectivity index (χ4n) is 0. The minimum Gasteiger partial charge on any atom is -0.0149 e. The van der Waals surface area contributed by atoms with Crippen LogP contribution in [0.2, 0.25) is 0 Å². The molecule has 0 aromatic heterocycles. The molecule has 28 valence electrons. The van der Waals surface area contributed by atoms with Crippen LogP contribution in [0.5, 0.6) is 0 Å². The van der Waals surface area contributed by atoms with E-state index in [-0.39, 0.29) is 71.2 Å². The van der Waals surface area contributed by atoms with Crippen LogP contribution in [-0.2, 0) is 17.1 Å². The predicted molar refractivity (Wildman–Crippen MR) is 23.5 cm³/mol. The van der Waals surface area contributed by atoms with Crippen LogP contribution in [0.25, 0.3) is 0 Å². The van der Waals surface area contributed by atoms with Gasteiger partial charge in [0.05, 0.1) is 0 Å². The second kappa shape index (κ2) is 20.3. The van der Waals surface area contributed by atoms with Crippen molar-refractivity contribution in [2.45, 2.75) is 0 Å². The van der Waals surface area contributed by atoms with Gasteiger partial charge in [-0.05, 0) is 11.0 Å². The Morgan fingerprint density at radius 3 is 1.00 bits per heavy atom. The van der Waals surface area contributed by atoms with E-state index in [9.17, 15) is 0 Å². The Morgan fingerprint density at radius 1 is 1.00 bits per heavy atom. The molecule has 0 bridgehead atoms. The quantitative estimate of drug-likeness (QED) is 0.324. The zero-order valence-electron chi connectivity index (χ0n) is 0.854. The van der Waals surface area contributed by atoms with Gasteiger partial charge in [0.25, 0.3) is 0 Å². The second-order valence-corrected chi connectivity index (χ2v) is 0. The van der Waals surface area contributed by atoms with Crippen molar-refractivity contribution < 1.29 is 22.5 Å². The molecule has 0 rings (SSSR count). The van der Waals surface area contributed by atoms with Crippen molar-refractivity contribution in [3.63, 3.8) is 0 Å². The van der Waals surface area contributed by atoms with Crippen LogP contribution in [0.15, 0.2) is 0 Å². The predicted octanol–water partition coefficient (Wildman–Crippen LogP) is -3.20. The molecular formula is H8CaFeOSi. The van der Waals surface area contributed by atoms with E-state index in [0.717, 1.165) is 0 Å². The Kier molecular flexibility index (Phi) is 194. The molecule has 0 heterocycles. The monoisotopic (exact) mass is 148 g/mol. The van der Waals surface area contributed by atoms with Gasteiger partial charge in [0.15, 0.2) is 0 Å².